The fourth-order valence-electron chi connectivity index (χ4n) is 12.9. The minimum absolute atomic E-state index is 0.108. The Morgan fingerprint density at radius 3 is 0.730 bits per heavy atom. The zero-order chi connectivity index (χ0) is 83.6. The Kier molecular flexibility index (Phi) is 85.6. The van der Waals surface area contributed by atoms with E-state index in [0.29, 0.717) is 19.3 Å². The van der Waals surface area contributed by atoms with Crippen LogP contribution < -0.4 is 0 Å². The topological polar surface area (TPSA) is 231 Å². The predicted octanol–water partition coefficient (Wildman–Crippen LogP) is 28.6. The molecule has 0 spiro atoms. The molecule has 5 atom stereocenters. The fraction of sp³-hybridized carbons (Fsp3) is 0.742. The lowest BCUT2D eigenvalue weighted by Crippen LogP contribution is -2.30. The van der Waals surface area contributed by atoms with Crippen LogP contribution in [0, 0.1) is 0 Å². The molecule has 4 N–H and O–H groups in total. The highest BCUT2D eigenvalue weighted by Crippen LogP contribution is 2.45. The van der Waals surface area contributed by atoms with E-state index in [1.165, 1.54) is 205 Å². The molecule has 0 aromatic carbocycles. The van der Waals surface area contributed by atoms with Crippen LogP contribution in [0.2, 0.25) is 0 Å². The van der Waals surface area contributed by atoms with Gasteiger partial charge in [-0.2, -0.15) is 0 Å². The summed E-state index contributed by atoms with van der Waals surface area (Å²) in [5.41, 5.74) is 0. The van der Waals surface area contributed by atoms with Crippen LogP contribution in [0.4, 0.5) is 0 Å². The Labute approximate surface area is 703 Å². The van der Waals surface area contributed by atoms with Gasteiger partial charge in [-0.3, -0.25) is 32.5 Å². The molecule has 0 fully saturated rings. The van der Waals surface area contributed by atoms with E-state index in [-0.39, 0.29) is 19.3 Å². The lowest BCUT2D eigenvalue weighted by atomic mass is 10.0. The van der Waals surface area contributed by atoms with E-state index < -0.39 is 91.5 Å². The zero-order valence-electron chi connectivity index (χ0n) is 73.2. The molecule has 0 aliphatic carbocycles. The van der Waals surface area contributed by atoms with Gasteiger partial charge in [-0.25, -0.2) is 9.13 Å². The number of unbranched alkanes of at least 4 members (excludes halogenated alkanes) is 43. The average molecular weight is 1650 g/mol. The molecular formula is C97H170O16P2. The molecule has 0 aliphatic rings. The van der Waals surface area contributed by atoms with Gasteiger partial charge in [0.2, 0.25) is 0 Å². The van der Waals surface area contributed by atoms with E-state index >= 15 is 0 Å². The lowest BCUT2D eigenvalue weighted by Gasteiger charge is -2.21. The Morgan fingerprint density at radius 1 is 0.252 bits per heavy atom. The highest BCUT2D eigenvalue weighted by atomic mass is 31.2. The van der Waals surface area contributed by atoms with Crippen molar-refractivity contribution in [2.24, 2.45) is 0 Å². The first-order valence-electron chi connectivity index (χ1n) is 46.5. The summed E-state index contributed by atoms with van der Waals surface area (Å²) in [6.07, 6.45) is 111. The van der Waals surface area contributed by atoms with Gasteiger partial charge in [0, 0.05) is 19.3 Å². The maximum absolute atomic E-state index is 13.0. The molecule has 18 heteroatoms. The number of esters is 3. The molecule has 0 rings (SSSR count). The van der Waals surface area contributed by atoms with E-state index in [2.05, 4.69) is 154 Å². The summed E-state index contributed by atoms with van der Waals surface area (Å²) in [6, 6.07) is 0. The summed E-state index contributed by atoms with van der Waals surface area (Å²) in [5.74, 6) is -1.56. The van der Waals surface area contributed by atoms with Crippen LogP contribution in [-0.4, -0.2) is 95.9 Å². The van der Waals surface area contributed by atoms with Crippen molar-refractivity contribution >= 4 is 33.6 Å². The highest BCUT2D eigenvalue weighted by molar-refractivity contribution is 7.47. The van der Waals surface area contributed by atoms with Crippen LogP contribution in [0.3, 0.4) is 0 Å². The Hall–Kier alpha value is -4.31. The van der Waals surface area contributed by atoms with Crippen molar-refractivity contribution in [2.45, 2.75) is 424 Å². The molecule has 0 amide bonds. The normalized spacial score (nSPS) is 14.4. The number of aliphatic hydroxyl groups excluding tert-OH is 2. The van der Waals surface area contributed by atoms with Crippen molar-refractivity contribution in [2.75, 3.05) is 39.6 Å². The highest BCUT2D eigenvalue weighted by Gasteiger charge is 2.29. The minimum Gasteiger partial charge on any atom is -0.463 e. The molecule has 664 valence electrons. The first-order chi connectivity index (χ1) is 56.2. The number of carbonyl (C=O) groups excluding carboxylic acids is 3. The number of hydrogen-bond donors (Lipinski definition) is 4. The van der Waals surface area contributed by atoms with Crippen molar-refractivity contribution < 1.29 is 75.8 Å². The van der Waals surface area contributed by atoms with Crippen molar-refractivity contribution in [3.63, 3.8) is 0 Å². The molecule has 16 nitrogen and oxygen atoms in total. The van der Waals surface area contributed by atoms with Gasteiger partial charge in [0.25, 0.3) is 0 Å². The maximum atomic E-state index is 13.0. The molecule has 0 saturated heterocycles. The number of ether oxygens (including phenoxy) is 3. The number of rotatable bonds is 88. The molecule has 0 aliphatic heterocycles. The molecule has 0 saturated carbocycles. The van der Waals surface area contributed by atoms with Crippen LogP contribution in [0.5, 0.6) is 0 Å². The molecule has 5 unspecified atom stereocenters. The van der Waals surface area contributed by atoms with E-state index in [1.54, 1.807) is 0 Å². The average Bonchev–Trinajstić information content (AvgIpc) is 0.899. The predicted molar refractivity (Wildman–Crippen MR) is 482 cm³/mol. The second kappa shape index (κ2) is 89.0. The summed E-state index contributed by atoms with van der Waals surface area (Å²) in [4.78, 5) is 58.8. The SMILES string of the molecule is CC/C=C\C/C=C\C/C=C\C/C=C\C/C=C\C/C=C\CCCCCCCCCCCCCCCCC(=O)OCC(COP(=O)(O)OCC(O)COP(=O)(O)OCC(O)COC(=O)CCCCCCCCCCCCCCCCCCCCC/C=C\C/C=C\C/C=C\C/C=C\C/C=C\CC)OC(=O)CCCCCCCCCCCCC. The minimum atomic E-state index is -4.93. The summed E-state index contributed by atoms with van der Waals surface area (Å²) in [6.45, 7) is 2.51. The summed E-state index contributed by atoms with van der Waals surface area (Å²) in [5, 5.41) is 20.7. The van der Waals surface area contributed by atoms with Crippen molar-refractivity contribution in [3.8, 4) is 0 Å². The van der Waals surface area contributed by atoms with Gasteiger partial charge in [-0.1, -0.05) is 405 Å². The number of phosphoric ester groups is 2. The van der Waals surface area contributed by atoms with Crippen LogP contribution in [0.25, 0.3) is 0 Å². The van der Waals surface area contributed by atoms with E-state index in [1.807, 2.05) is 0 Å². The number of hydrogen-bond acceptors (Lipinski definition) is 14. The molecule has 0 aromatic heterocycles. The smallest absolute Gasteiger partial charge is 0.463 e. The number of aliphatic hydroxyl groups is 2. The quantitative estimate of drug-likeness (QED) is 0.0146. The third-order valence-electron chi connectivity index (χ3n) is 19.9. The van der Waals surface area contributed by atoms with Crippen LogP contribution in [0.1, 0.15) is 406 Å². The second-order valence-corrected chi connectivity index (χ2v) is 34.0. The van der Waals surface area contributed by atoms with Gasteiger partial charge in [-0.05, 0) is 116 Å². The number of allylic oxidation sites excluding steroid dienone is 22. The lowest BCUT2D eigenvalue weighted by molar-refractivity contribution is -0.161. The molecule has 0 heterocycles. The van der Waals surface area contributed by atoms with Gasteiger partial charge in [-0.15, -0.1) is 0 Å². The summed E-state index contributed by atoms with van der Waals surface area (Å²) in [7, 11) is -9.79. The molecule has 0 radical (unpaired) electrons. The Bertz CT molecular complexity index is 2620. The van der Waals surface area contributed by atoms with Crippen molar-refractivity contribution in [1.82, 2.24) is 0 Å². The summed E-state index contributed by atoms with van der Waals surface area (Å²) >= 11 is 0. The first kappa shape index (κ1) is 111. The van der Waals surface area contributed by atoms with E-state index in [9.17, 15) is 43.5 Å². The zero-order valence-corrected chi connectivity index (χ0v) is 75.0. The Balaban J connectivity index is 4.31. The standard InChI is InChI=1S/C97H170O16P2/c1-4-7-10-13-16-19-22-24-26-28-30-32-34-36-38-40-42-44-45-47-49-50-52-54-56-58-60-62-64-66-69-71-74-77-80-83-95(100)107-86-92(98)87-109-114(103,104)110-88-93(99)89-111-115(105,106)112-91-94(113-97(102)85-82-79-76-73-68-21-18-15-12-9-6-3)90-108-96(101)84-81-78-75-72-70-67-65-63-61-59-57-55-53-51-48-46-43-41-39-37-35-33-31-29-27-25-23-20-17-14-11-8-5-2/h7-8,10-11,16-17,19-20,24-27,30-33,36-39,43,46,92-94,98-99H,4-6,9,12-15,18,21-23,28-29,34-35,40-42,44-45,47-91H2,1-3H3,(H,103,104)(H,105,106)/b10-7-,11-8-,19-16-,20-17-,26-24-,27-25-,32-30-,33-31-,38-36-,39-37-,46-43-. The number of phosphoric acid groups is 2. The van der Waals surface area contributed by atoms with Gasteiger partial charge in [0.1, 0.15) is 25.4 Å². The Morgan fingerprint density at radius 2 is 0.461 bits per heavy atom. The second-order valence-electron chi connectivity index (χ2n) is 31.1. The summed E-state index contributed by atoms with van der Waals surface area (Å²) < 4.78 is 61.3. The van der Waals surface area contributed by atoms with Crippen LogP contribution in [-0.2, 0) is 55.8 Å². The first-order valence-corrected chi connectivity index (χ1v) is 49.5. The monoisotopic (exact) mass is 1650 g/mol. The van der Waals surface area contributed by atoms with Gasteiger partial charge in [0.05, 0.1) is 26.4 Å². The van der Waals surface area contributed by atoms with E-state index in [4.69, 9.17) is 32.3 Å². The van der Waals surface area contributed by atoms with Crippen LogP contribution in [0.15, 0.2) is 134 Å². The largest absolute Gasteiger partial charge is 0.472 e. The molecule has 115 heavy (non-hydrogen) atoms. The number of carbonyl (C=O) groups is 3. The molecule has 0 aromatic rings. The molecule has 0 bridgehead atoms. The van der Waals surface area contributed by atoms with Crippen molar-refractivity contribution in [3.05, 3.63) is 134 Å². The van der Waals surface area contributed by atoms with Crippen molar-refractivity contribution in [1.29, 1.82) is 0 Å². The van der Waals surface area contributed by atoms with Gasteiger partial charge in [0.15, 0.2) is 6.10 Å². The van der Waals surface area contributed by atoms with Gasteiger partial charge >= 0.3 is 33.6 Å². The fourth-order valence-corrected chi connectivity index (χ4v) is 14.5. The van der Waals surface area contributed by atoms with Crippen LogP contribution >= 0.6 is 15.6 Å². The van der Waals surface area contributed by atoms with E-state index in [0.717, 1.165) is 141 Å². The third kappa shape index (κ3) is 90.3. The third-order valence-corrected chi connectivity index (χ3v) is 21.8. The van der Waals surface area contributed by atoms with Gasteiger partial charge < -0.3 is 34.2 Å². The maximum Gasteiger partial charge on any atom is 0.472 e. The molecular weight excluding hydrogens is 1480 g/mol.